The van der Waals surface area contributed by atoms with Crippen LogP contribution in [0, 0.1) is 0 Å². The number of hydrogen-bond acceptors (Lipinski definition) is 2. The van der Waals surface area contributed by atoms with E-state index >= 15 is 0 Å². The van der Waals surface area contributed by atoms with Crippen LogP contribution in [0.5, 0.6) is 0 Å². The normalized spacial score (nSPS) is 20.4. The fourth-order valence-corrected chi connectivity index (χ4v) is 2.51. The van der Waals surface area contributed by atoms with Gasteiger partial charge >= 0.3 is 0 Å². The Morgan fingerprint density at radius 1 is 1.56 bits per heavy atom. The second-order valence-electron chi connectivity index (χ2n) is 4.72. The van der Waals surface area contributed by atoms with Crippen LogP contribution in [0.4, 0.5) is 0 Å². The molecular weight excluding hydrogens is 198 g/mol. The van der Waals surface area contributed by atoms with Gasteiger partial charge in [0.1, 0.15) is 5.82 Å². The number of aromatic nitrogens is 2. The average molecular weight is 221 g/mol. The third kappa shape index (κ3) is 3.08. The summed E-state index contributed by atoms with van der Waals surface area (Å²) in [5.74, 6) is 1.25. The first-order valence-corrected chi connectivity index (χ1v) is 6.63. The zero-order valence-electron chi connectivity index (χ0n) is 10.3. The highest BCUT2D eigenvalue weighted by Crippen LogP contribution is 2.12. The molecule has 1 N–H and O–H groups in total. The average Bonchev–Trinajstić information content (AvgIpc) is 2.91. The topological polar surface area (TPSA) is 29.9 Å². The van der Waals surface area contributed by atoms with E-state index in [4.69, 9.17) is 0 Å². The van der Waals surface area contributed by atoms with E-state index in [1.807, 2.05) is 6.20 Å². The maximum absolute atomic E-state index is 4.40. The van der Waals surface area contributed by atoms with Crippen molar-refractivity contribution < 1.29 is 0 Å². The van der Waals surface area contributed by atoms with Gasteiger partial charge < -0.3 is 9.88 Å². The van der Waals surface area contributed by atoms with Crippen LogP contribution in [-0.4, -0.2) is 22.1 Å². The summed E-state index contributed by atoms with van der Waals surface area (Å²) in [6.07, 6.45) is 11.6. The Bertz CT molecular complexity index is 300. The summed E-state index contributed by atoms with van der Waals surface area (Å²) >= 11 is 0. The Morgan fingerprint density at radius 3 is 3.25 bits per heavy atom. The van der Waals surface area contributed by atoms with Crippen LogP contribution in [0.3, 0.4) is 0 Å². The maximum Gasteiger partial charge on any atom is 0.108 e. The molecule has 1 aliphatic rings. The molecule has 90 valence electrons. The fourth-order valence-electron chi connectivity index (χ4n) is 2.51. The predicted octanol–water partition coefficient (Wildman–Crippen LogP) is 2.37. The van der Waals surface area contributed by atoms with Crippen LogP contribution >= 0.6 is 0 Å². The van der Waals surface area contributed by atoms with Crippen molar-refractivity contribution in [2.75, 3.05) is 6.54 Å². The van der Waals surface area contributed by atoms with Gasteiger partial charge in [-0.25, -0.2) is 4.98 Å². The molecule has 3 nitrogen and oxygen atoms in total. The van der Waals surface area contributed by atoms with Gasteiger partial charge in [-0.2, -0.15) is 0 Å². The lowest BCUT2D eigenvalue weighted by molar-refractivity contribution is 0.495. The Morgan fingerprint density at radius 2 is 2.50 bits per heavy atom. The predicted molar refractivity (Wildman–Crippen MR) is 66.5 cm³/mol. The zero-order valence-corrected chi connectivity index (χ0v) is 10.3. The van der Waals surface area contributed by atoms with Gasteiger partial charge in [-0.1, -0.05) is 6.92 Å². The molecule has 1 unspecified atom stereocenters. The molecule has 3 heteroatoms. The summed E-state index contributed by atoms with van der Waals surface area (Å²) in [5.41, 5.74) is 0. The second kappa shape index (κ2) is 6.04. The number of imidazole rings is 1. The van der Waals surface area contributed by atoms with Crippen molar-refractivity contribution in [1.29, 1.82) is 0 Å². The summed E-state index contributed by atoms with van der Waals surface area (Å²) in [7, 11) is 0. The van der Waals surface area contributed by atoms with E-state index in [1.165, 1.54) is 44.5 Å². The van der Waals surface area contributed by atoms with Gasteiger partial charge in [0.05, 0.1) is 0 Å². The molecule has 1 fully saturated rings. The fraction of sp³-hybridized carbons (Fsp3) is 0.769. The number of aryl methyl sites for hydroxylation is 2. The van der Waals surface area contributed by atoms with Crippen molar-refractivity contribution in [3.8, 4) is 0 Å². The van der Waals surface area contributed by atoms with Crippen molar-refractivity contribution in [2.24, 2.45) is 0 Å². The van der Waals surface area contributed by atoms with Crippen molar-refractivity contribution in [3.63, 3.8) is 0 Å². The van der Waals surface area contributed by atoms with E-state index in [9.17, 15) is 0 Å². The lowest BCUT2D eigenvalue weighted by Gasteiger charge is -2.11. The van der Waals surface area contributed by atoms with E-state index in [0.29, 0.717) is 0 Å². The van der Waals surface area contributed by atoms with Crippen LogP contribution < -0.4 is 5.32 Å². The minimum absolute atomic E-state index is 0.776. The van der Waals surface area contributed by atoms with Crippen LogP contribution in [0.15, 0.2) is 12.4 Å². The molecule has 0 radical (unpaired) electrons. The molecule has 1 saturated heterocycles. The molecule has 16 heavy (non-hydrogen) atoms. The first-order chi connectivity index (χ1) is 7.90. The molecule has 0 spiro atoms. The highest BCUT2D eigenvalue weighted by atomic mass is 15.1. The first-order valence-electron chi connectivity index (χ1n) is 6.63. The quantitative estimate of drug-likeness (QED) is 0.799. The third-order valence-electron chi connectivity index (χ3n) is 3.39. The lowest BCUT2D eigenvalue weighted by Crippen LogP contribution is -2.21. The van der Waals surface area contributed by atoms with Gasteiger partial charge in [-0.05, 0) is 38.6 Å². The molecule has 1 aliphatic heterocycles. The number of nitrogens with zero attached hydrogens (tertiary/aromatic N) is 2. The summed E-state index contributed by atoms with van der Waals surface area (Å²) in [5, 5.41) is 3.55. The number of hydrogen-bond donors (Lipinski definition) is 1. The monoisotopic (exact) mass is 221 g/mol. The molecule has 0 bridgehead atoms. The molecule has 1 aromatic heterocycles. The van der Waals surface area contributed by atoms with Crippen LogP contribution in [0.1, 0.15) is 44.9 Å². The molecule has 1 atom stereocenters. The van der Waals surface area contributed by atoms with Crippen molar-refractivity contribution in [2.45, 2.75) is 58.0 Å². The van der Waals surface area contributed by atoms with Gasteiger partial charge in [0, 0.05) is 31.4 Å². The Kier molecular flexibility index (Phi) is 4.40. The van der Waals surface area contributed by atoms with Crippen molar-refractivity contribution in [1.82, 2.24) is 14.9 Å². The third-order valence-corrected chi connectivity index (χ3v) is 3.39. The standard InChI is InChI=1S/C13H23N3/c1-2-5-13-15-9-11-16(13)10-4-7-12-6-3-8-14-12/h9,11-12,14H,2-8,10H2,1H3. The van der Waals surface area contributed by atoms with Crippen LogP contribution in [0.25, 0.3) is 0 Å². The smallest absolute Gasteiger partial charge is 0.108 e. The van der Waals surface area contributed by atoms with Gasteiger partial charge in [0.15, 0.2) is 0 Å². The highest BCUT2D eigenvalue weighted by Gasteiger charge is 2.13. The van der Waals surface area contributed by atoms with E-state index in [0.717, 1.165) is 19.0 Å². The second-order valence-corrected chi connectivity index (χ2v) is 4.72. The molecule has 0 saturated carbocycles. The minimum atomic E-state index is 0.776. The number of rotatable bonds is 6. The van der Waals surface area contributed by atoms with Gasteiger partial charge in [0.25, 0.3) is 0 Å². The molecule has 0 aliphatic carbocycles. The van der Waals surface area contributed by atoms with Gasteiger partial charge in [-0.3, -0.25) is 0 Å². The number of nitrogens with one attached hydrogen (secondary N) is 1. The Balaban J connectivity index is 1.73. The summed E-state index contributed by atoms with van der Waals surface area (Å²) in [4.78, 5) is 4.40. The summed E-state index contributed by atoms with van der Waals surface area (Å²) in [6, 6.07) is 0.776. The van der Waals surface area contributed by atoms with Crippen LogP contribution in [-0.2, 0) is 13.0 Å². The Hall–Kier alpha value is -0.830. The minimum Gasteiger partial charge on any atom is -0.335 e. The molecule has 2 heterocycles. The molecule has 0 amide bonds. The summed E-state index contributed by atoms with van der Waals surface area (Å²) in [6.45, 7) is 4.56. The molecule has 1 aromatic rings. The van der Waals surface area contributed by atoms with Crippen molar-refractivity contribution >= 4 is 0 Å². The van der Waals surface area contributed by atoms with E-state index in [-0.39, 0.29) is 0 Å². The van der Waals surface area contributed by atoms with E-state index in [2.05, 4.69) is 28.0 Å². The SMILES string of the molecule is CCCc1nccn1CCCC1CCCN1. The van der Waals surface area contributed by atoms with Gasteiger partial charge in [0.2, 0.25) is 0 Å². The van der Waals surface area contributed by atoms with Gasteiger partial charge in [-0.15, -0.1) is 0 Å². The zero-order chi connectivity index (χ0) is 11.2. The molecule has 2 rings (SSSR count). The highest BCUT2D eigenvalue weighted by molar-refractivity contribution is 4.92. The molecular formula is C13H23N3. The lowest BCUT2D eigenvalue weighted by atomic mass is 10.1. The Labute approximate surface area is 98.3 Å². The largest absolute Gasteiger partial charge is 0.335 e. The first kappa shape index (κ1) is 11.6. The van der Waals surface area contributed by atoms with Crippen LogP contribution in [0.2, 0.25) is 0 Å². The van der Waals surface area contributed by atoms with Crippen molar-refractivity contribution in [3.05, 3.63) is 18.2 Å². The van der Waals surface area contributed by atoms with E-state index in [1.54, 1.807) is 0 Å². The summed E-state index contributed by atoms with van der Waals surface area (Å²) < 4.78 is 2.32. The molecule has 0 aromatic carbocycles. The maximum atomic E-state index is 4.40. The van der Waals surface area contributed by atoms with E-state index < -0.39 is 0 Å².